The van der Waals surface area contributed by atoms with E-state index < -0.39 is 5.41 Å². The molecular formula is C23H21N5O3. The van der Waals surface area contributed by atoms with E-state index in [9.17, 15) is 9.90 Å². The summed E-state index contributed by atoms with van der Waals surface area (Å²) in [4.78, 5) is 31.6. The predicted molar refractivity (Wildman–Crippen MR) is 115 cm³/mol. The van der Waals surface area contributed by atoms with Crippen LogP contribution in [0.1, 0.15) is 28.8 Å². The largest absolute Gasteiger partial charge is 0.497 e. The molecule has 1 saturated heterocycles. The Morgan fingerprint density at radius 3 is 2.58 bits per heavy atom. The van der Waals surface area contributed by atoms with Gasteiger partial charge in [-0.3, -0.25) is 9.69 Å². The summed E-state index contributed by atoms with van der Waals surface area (Å²) in [6.45, 7) is 0.338. The van der Waals surface area contributed by atoms with Gasteiger partial charge in [0.15, 0.2) is 5.82 Å². The van der Waals surface area contributed by atoms with Crippen molar-refractivity contribution in [2.45, 2.75) is 25.0 Å². The lowest BCUT2D eigenvalue weighted by Crippen LogP contribution is -2.39. The number of aliphatic hydroxyl groups excluding tert-OH is 1. The summed E-state index contributed by atoms with van der Waals surface area (Å²) in [6, 6.07) is 15.2. The number of hydrogen-bond acceptors (Lipinski definition) is 6. The molecule has 1 aromatic heterocycles. The highest BCUT2D eigenvalue weighted by Gasteiger charge is 2.54. The van der Waals surface area contributed by atoms with Gasteiger partial charge in [0.05, 0.1) is 32.3 Å². The predicted octanol–water partition coefficient (Wildman–Crippen LogP) is 2.70. The first-order valence-corrected chi connectivity index (χ1v) is 9.94. The quantitative estimate of drug-likeness (QED) is 0.669. The number of amides is 1. The molecule has 0 saturated carbocycles. The topological polar surface area (TPSA) is 103 Å². The molecule has 1 amide bonds. The van der Waals surface area contributed by atoms with Crippen LogP contribution >= 0.6 is 0 Å². The number of ether oxygens (including phenoxy) is 1. The van der Waals surface area contributed by atoms with Crippen LogP contribution in [0.2, 0.25) is 0 Å². The molecule has 156 valence electrons. The van der Waals surface area contributed by atoms with Gasteiger partial charge in [0.2, 0.25) is 5.91 Å². The molecule has 5 rings (SSSR count). The zero-order valence-corrected chi connectivity index (χ0v) is 16.9. The molecule has 3 aromatic rings. The number of nitrogens with one attached hydrogen (secondary N) is 1. The Morgan fingerprint density at radius 1 is 1.13 bits per heavy atom. The minimum absolute atomic E-state index is 0.0309. The van der Waals surface area contributed by atoms with Crippen LogP contribution in [0.4, 0.5) is 5.82 Å². The number of likely N-dealkylation sites (tertiary alicyclic amines) is 1. The van der Waals surface area contributed by atoms with E-state index in [0.29, 0.717) is 18.2 Å². The fraction of sp³-hybridized carbons (Fsp3) is 0.217. The van der Waals surface area contributed by atoms with Gasteiger partial charge in [0.25, 0.3) is 0 Å². The zero-order valence-electron chi connectivity index (χ0n) is 16.9. The van der Waals surface area contributed by atoms with Crippen LogP contribution in [0, 0.1) is 0 Å². The van der Waals surface area contributed by atoms with Crippen molar-refractivity contribution in [1.82, 2.24) is 14.9 Å². The van der Waals surface area contributed by atoms with E-state index in [-0.39, 0.29) is 18.9 Å². The molecule has 0 radical (unpaired) electrons. The third-order valence-corrected chi connectivity index (χ3v) is 5.89. The lowest BCUT2D eigenvalue weighted by molar-refractivity contribution is -0.126. The van der Waals surface area contributed by atoms with Crippen LogP contribution < -0.4 is 4.74 Å². The lowest BCUT2D eigenvalue weighted by Gasteiger charge is -2.29. The summed E-state index contributed by atoms with van der Waals surface area (Å²) in [7, 11) is 1.62. The number of carbonyl (C=O) groups excluding carboxylic acids is 1. The highest BCUT2D eigenvalue weighted by Crippen LogP contribution is 2.46. The Hall–Kier alpha value is -3.78. The third-order valence-electron chi connectivity index (χ3n) is 5.89. The van der Waals surface area contributed by atoms with Crippen molar-refractivity contribution in [2.24, 2.45) is 9.98 Å². The van der Waals surface area contributed by atoms with Crippen molar-refractivity contribution < 1.29 is 14.6 Å². The molecule has 1 unspecified atom stereocenters. The average molecular weight is 415 g/mol. The molecule has 1 atom stereocenters. The number of aromatic amines is 1. The maximum absolute atomic E-state index is 13.3. The second-order valence-corrected chi connectivity index (χ2v) is 7.56. The van der Waals surface area contributed by atoms with Crippen molar-refractivity contribution in [1.29, 1.82) is 0 Å². The summed E-state index contributed by atoms with van der Waals surface area (Å²) in [5, 5.41) is 9.45. The van der Waals surface area contributed by atoms with Gasteiger partial charge < -0.3 is 14.8 Å². The van der Waals surface area contributed by atoms with E-state index >= 15 is 0 Å². The van der Waals surface area contributed by atoms with Gasteiger partial charge in [-0.25, -0.2) is 15.0 Å². The first-order valence-electron chi connectivity index (χ1n) is 9.94. The van der Waals surface area contributed by atoms with E-state index in [1.807, 2.05) is 48.5 Å². The SMILES string of the molecule is COc1ccc(CN2C(=O)CC3(c4ccc(CO)cc4)C2=NC=Nc2nc[nH]c23)cc1. The first kappa shape index (κ1) is 19.2. The maximum Gasteiger partial charge on any atom is 0.230 e. The monoisotopic (exact) mass is 415 g/mol. The fourth-order valence-electron chi connectivity index (χ4n) is 4.31. The Labute approximate surface area is 179 Å². The highest BCUT2D eigenvalue weighted by atomic mass is 16.5. The van der Waals surface area contributed by atoms with Gasteiger partial charge in [-0.05, 0) is 28.8 Å². The molecule has 2 aliphatic rings. The van der Waals surface area contributed by atoms with Crippen molar-refractivity contribution >= 4 is 23.9 Å². The summed E-state index contributed by atoms with van der Waals surface area (Å²) < 4.78 is 5.24. The number of H-pyrrole nitrogens is 1. The van der Waals surface area contributed by atoms with E-state index in [4.69, 9.17) is 4.74 Å². The van der Waals surface area contributed by atoms with Crippen LogP contribution in [-0.4, -0.2) is 45.2 Å². The van der Waals surface area contributed by atoms with Crippen LogP contribution in [0.15, 0.2) is 64.8 Å². The van der Waals surface area contributed by atoms with E-state index in [1.54, 1.807) is 18.3 Å². The molecule has 2 aliphatic heterocycles. The average Bonchev–Trinajstić information content (AvgIpc) is 3.34. The van der Waals surface area contributed by atoms with Crippen molar-refractivity contribution in [3.05, 3.63) is 77.2 Å². The van der Waals surface area contributed by atoms with Gasteiger partial charge in [0, 0.05) is 6.42 Å². The van der Waals surface area contributed by atoms with E-state index in [0.717, 1.165) is 28.1 Å². The number of hydrogen-bond donors (Lipinski definition) is 2. The molecule has 0 aliphatic carbocycles. The molecule has 31 heavy (non-hydrogen) atoms. The molecule has 2 aromatic carbocycles. The van der Waals surface area contributed by atoms with Crippen LogP contribution in [-0.2, 0) is 23.4 Å². The summed E-state index contributed by atoms with van der Waals surface area (Å²) in [6.07, 6.45) is 3.25. The minimum atomic E-state index is -0.833. The molecule has 0 spiro atoms. The van der Waals surface area contributed by atoms with Crippen molar-refractivity contribution in [2.75, 3.05) is 7.11 Å². The smallest absolute Gasteiger partial charge is 0.230 e. The molecule has 8 nitrogen and oxygen atoms in total. The molecule has 3 heterocycles. The van der Waals surface area contributed by atoms with Crippen molar-refractivity contribution in [3.8, 4) is 5.75 Å². The summed E-state index contributed by atoms with van der Waals surface area (Å²) >= 11 is 0. The van der Waals surface area contributed by atoms with Crippen LogP contribution in [0.5, 0.6) is 5.75 Å². The fourth-order valence-corrected chi connectivity index (χ4v) is 4.31. The number of imidazole rings is 1. The minimum Gasteiger partial charge on any atom is -0.497 e. The van der Waals surface area contributed by atoms with Crippen LogP contribution in [0.25, 0.3) is 0 Å². The number of rotatable bonds is 5. The Bertz CT molecular complexity index is 1180. The maximum atomic E-state index is 13.3. The molecular weight excluding hydrogens is 394 g/mol. The number of amidine groups is 1. The zero-order chi connectivity index (χ0) is 21.4. The number of nitrogens with zero attached hydrogens (tertiary/aromatic N) is 4. The second kappa shape index (κ2) is 7.48. The molecule has 0 bridgehead atoms. The normalized spacial score (nSPS) is 19.6. The highest BCUT2D eigenvalue weighted by molar-refractivity contribution is 6.16. The number of methoxy groups -OCH3 is 1. The molecule has 2 N–H and O–H groups in total. The third kappa shape index (κ3) is 3.03. The Balaban J connectivity index is 1.62. The summed E-state index contributed by atoms with van der Waals surface area (Å²) in [5.74, 6) is 1.86. The number of benzene rings is 2. The Morgan fingerprint density at radius 2 is 1.87 bits per heavy atom. The van der Waals surface area contributed by atoms with Gasteiger partial charge in [-0.2, -0.15) is 0 Å². The number of carbonyl (C=O) groups is 1. The van der Waals surface area contributed by atoms with Crippen molar-refractivity contribution in [3.63, 3.8) is 0 Å². The Kier molecular flexibility index (Phi) is 4.63. The van der Waals surface area contributed by atoms with Gasteiger partial charge >= 0.3 is 0 Å². The number of aromatic nitrogens is 2. The molecule has 8 heteroatoms. The number of aliphatic hydroxyl groups is 1. The standard InChI is InChI=1S/C23H21N5O3/c1-31-18-8-4-15(5-9-18)11-28-19(30)10-23(17-6-2-16(12-29)3-7-17)20-21(25-13-24-20)26-14-27-22(23)28/h2-9,13-14,29H,10-12H2,1H3,(H,24,25). The van der Waals surface area contributed by atoms with Gasteiger partial charge in [0.1, 0.15) is 23.3 Å². The van der Waals surface area contributed by atoms with E-state index in [1.165, 1.54) is 6.34 Å². The number of fused-ring (bicyclic) bond motifs is 3. The second-order valence-electron chi connectivity index (χ2n) is 7.56. The number of aliphatic imine (C=N–C) groups is 2. The van der Waals surface area contributed by atoms with Gasteiger partial charge in [-0.1, -0.05) is 36.4 Å². The van der Waals surface area contributed by atoms with E-state index in [2.05, 4.69) is 20.0 Å². The first-order chi connectivity index (χ1) is 15.2. The van der Waals surface area contributed by atoms with Gasteiger partial charge in [-0.15, -0.1) is 0 Å². The molecule has 1 fully saturated rings. The lowest BCUT2D eigenvalue weighted by atomic mass is 9.75. The van der Waals surface area contributed by atoms with Crippen LogP contribution in [0.3, 0.4) is 0 Å². The summed E-state index contributed by atoms with van der Waals surface area (Å²) in [5.41, 5.74) is 2.56.